The molecule has 0 spiro atoms. The summed E-state index contributed by atoms with van der Waals surface area (Å²) in [5.41, 5.74) is 4.53. The molecule has 0 saturated carbocycles. The van der Waals surface area contributed by atoms with Gasteiger partial charge in [0.1, 0.15) is 13.2 Å². The van der Waals surface area contributed by atoms with E-state index >= 15 is 0 Å². The molecule has 0 atom stereocenters. The van der Waals surface area contributed by atoms with Crippen molar-refractivity contribution in [1.29, 1.82) is 0 Å². The van der Waals surface area contributed by atoms with Gasteiger partial charge in [-0.15, -0.1) is 0 Å². The van der Waals surface area contributed by atoms with Crippen LogP contribution in [0.4, 0.5) is 0 Å². The van der Waals surface area contributed by atoms with E-state index in [2.05, 4.69) is 20.8 Å². The summed E-state index contributed by atoms with van der Waals surface area (Å²) in [5.74, 6) is -0.400. The molecular formula is C20H40N2O4. The van der Waals surface area contributed by atoms with E-state index < -0.39 is 10.8 Å². The number of carbonyl (C=O) groups excluding carboxylic acids is 2. The van der Waals surface area contributed by atoms with Crippen LogP contribution in [0.2, 0.25) is 0 Å². The van der Waals surface area contributed by atoms with Crippen LogP contribution in [0.15, 0.2) is 0 Å². The molecule has 0 rings (SSSR count). The lowest BCUT2D eigenvalue weighted by molar-refractivity contribution is -0.156. The standard InChI is InChI=1S/C20H40N2O4/c1-18(2,3)15-20(6,7)17(24)26-14-12-22(8)11-13-25-16(23)19(4,5)9-10-21/h9-15,21H2,1-8H3. The molecule has 0 amide bonds. The first kappa shape index (κ1) is 24.9. The van der Waals surface area contributed by atoms with Gasteiger partial charge in [0.25, 0.3) is 0 Å². The lowest BCUT2D eigenvalue weighted by atomic mass is 9.76. The number of rotatable bonds is 11. The first-order valence-corrected chi connectivity index (χ1v) is 9.44. The zero-order valence-electron chi connectivity index (χ0n) is 18.1. The fourth-order valence-electron chi connectivity index (χ4n) is 2.95. The Morgan fingerprint density at radius 1 is 0.846 bits per heavy atom. The lowest BCUT2D eigenvalue weighted by Gasteiger charge is -2.30. The summed E-state index contributed by atoms with van der Waals surface area (Å²) in [6.07, 6.45) is 1.37. The van der Waals surface area contributed by atoms with Crippen molar-refractivity contribution in [3.8, 4) is 0 Å². The van der Waals surface area contributed by atoms with Crippen molar-refractivity contribution >= 4 is 11.9 Å². The summed E-state index contributed by atoms with van der Waals surface area (Å²) >= 11 is 0. The Bertz CT molecular complexity index is 453. The van der Waals surface area contributed by atoms with Crippen LogP contribution in [0.25, 0.3) is 0 Å². The topological polar surface area (TPSA) is 81.9 Å². The van der Waals surface area contributed by atoms with E-state index in [0.29, 0.717) is 39.3 Å². The average molecular weight is 373 g/mol. The van der Waals surface area contributed by atoms with Crippen LogP contribution < -0.4 is 5.73 Å². The average Bonchev–Trinajstić information content (AvgIpc) is 2.44. The summed E-state index contributed by atoms with van der Waals surface area (Å²) in [5, 5.41) is 0. The predicted molar refractivity (Wildman–Crippen MR) is 105 cm³/mol. The Labute approximate surface area is 159 Å². The van der Waals surface area contributed by atoms with Gasteiger partial charge in [-0.2, -0.15) is 0 Å². The zero-order chi connectivity index (χ0) is 20.6. The minimum Gasteiger partial charge on any atom is -0.464 e. The summed E-state index contributed by atoms with van der Waals surface area (Å²) < 4.78 is 10.8. The highest BCUT2D eigenvalue weighted by atomic mass is 16.5. The monoisotopic (exact) mass is 372 g/mol. The fourth-order valence-corrected chi connectivity index (χ4v) is 2.95. The molecule has 0 aliphatic carbocycles. The van der Waals surface area contributed by atoms with Crippen molar-refractivity contribution < 1.29 is 19.1 Å². The van der Waals surface area contributed by atoms with E-state index in [9.17, 15) is 9.59 Å². The van der Waals surface area contributed by atoms with Crippen molar-refractivity contribution in [2.45, 2.75) is 61.3 Å². The number of esters is 2. The van der Waals surface area contributed by atoms with Crippen molar-refractivity contribution in [3.05, 3.63) is 0 Å². The van der Waals surface area contributed by atoms with Gasteiger partial charge in [-0.25, -0.2) is 0 Å². The number of carbonyl (C=O) groups is 2. The normalized spacial score (nSPS) is 13.0. The van der Waals surface area contributed by atoms with E-state index in [4.69, 9.17) is 15.2 Å². The molecule has 0 unspecified atom stereocenters. The van der Waals surface area contributed by atoms with Gasteiger partial charge in [-0.3, -0.25) is 14.5 Å². The van der Waals surface area contributed by atoms with Crippen molar-refractivity contribution in [1.82, 2.24) is 4.90 Å². The van der Waals surface area contributed by atoms with E-state index in [-0.39, 0.29) is 17.4 Å². The number of hydrogen-bond acceptors (Lipinski definition) is 6. The number of likely N-dealkylation sites (N-methyl/N-ethyl adjacent to an activating group) is 1. The third-order valence-corrected chi connectivity index (χ3v) is 4.26. The molecule has 0 aromatic carbocycles. The Hall–Kier alpha value is -1.14. The molecule has 6 heteroatoms. The number of nitrogens with two attached hydrogens (primary N) is 1. The summed E-state index contributed by atoms with van der Waals surface area (Å²) in [6.45, 7) is 16.2. The molecule has 0 bridgehead atoms. The van der Waals surface area contributed by atoms with Crippen molar-refractivity contribution in [2.24, 2.45) is 22.0 Å². The smallest absolute Gasteiger partial charge is 0.311 e. The fraction of sp³-hybridized carbons (Fsp3) is 0.900. The minimum atomic E-state index is -0.554. The van der Waals surface area contributed by atoms with Crippen LogP contribution >= 0.6 is 0 Å². The second-order valence-corrected chi connectivity index (χ2v) is 9.62. The summed E-state index contributed by atoms with van der Waals surface area (Å²) in [4.78, 5) is 26.3. The third-order valence-electron chi connectivity index (χ3n) is 4.26. The maximum Gasteiger partial charge on any atom is 0.311 e. The maximum atomic E-state index is 12.3. The molecule has 0 saturated heterocycles. The van der Waals surface area contributed by atoms with Crippen LogP contribution in [0.3, 0.4) is 0 Å². The summed E-state index contributed by atoms with van der Waals surface area (Å²) in [7, 11) is 1.91. The molecule has 154 valence electrons. The quantitative estimate of drug-likeness (QED) is 0.562. The Balaban J connectivity index is 4.12. The first-order valence-electron chi connectivity index (χ1n) is 9.44. The van der Waals surface area contributed by atoms with Gasteiger partial charge in [0.05, 0.1) is 10.8 Å². The summed E-state index contributed by atoms with van der Waals surface area (Å²) in [6, 6.07) is 0. The molecule has 2 N–H and O–H groups in total. The Kier molecular flexibility index (Phi) is 9.81. The van der Waals surface area contributed by atoms with Crippen LogP contribution in [0.1, 0.15) is 61.3 Å². The van der Waals surface area contributed by atoms with E-state index in [1.807, 2.05) is 39.6 Å². The van der Waals surface area contributed by atoms with Crippen LogP contribution in [-0.4, -0.2) is 56.7 Å². The molecule has 0 aromatic rings. The molecular weight excluding hydrogens is 332 g/mol. The largest absolute Gasteiger partial charge is 0.464 e. The molecule has 6 nitrogen and oxygen atoms in total. The van der Waals surface area contributed by atoms with Crippen molar-refractivity contribution in [2.75, 3.05) is 39.9 Å². The molecule has 0 aliphatic rings. The molecule has 0 fully saturated rings. The predicted octanol–water partition coefficient (Wildman–Crippen LogP) is 2.84. The Morgan fingerprint density at radius 3 is 1.65 bits per heavy atom. The van der Waals surface area contributed by atoms with E-state index in [1.165, 1.54) is 0 Å². The van der Waals surface area contributed by atoms with Gasteiger partial charge in [-0.1, -0.05) is 20.8 Å². The second-order valence-electron chi connectivity index (χ2n) is 9.62. The van der Waals surface area contributed by atoms with Gasteiger partial charge in [0.2, 0.25) is 0 Å². The molecule has 26 heavy (non-hydrogen) atoms. The zero-order valence-corrected chi connectivity index (χ0v) is 18.1. The SMILES string of the molecule is CN(CCOC(=O)C(C)(C)CCN)CCOC(=O)C(C)(C)CC(C)(C)C. The van der Waals surface area contributed by atoms with Crippen LogP contribution in [0.5, 0.6) is 0 Å². The molecule has 0 heterocycles. The van der Waals surface area contributed by atoms with Crippen molar-refractivity contribution in [3.63, 3.8) is 0 Å². The highest BCUT2D eigenvalue weighted by Crippen LogP contribution is 2.34. The second kappa shape index (κ2) is 10.3. The molecule has 0 aromatic heterocycles. The third kappa shape index (κ3) is 10.1. The molecule has 0 radical (unpaired) electrons. The first-order chi connectivity index (χ1) is 11.7. The number of nitrogens with zero attached hydrogens (tertiary/aromatic N) is 1. The number of ether oxygens (including phenoxy) is 2. The molecule has 0 aliphatic heterocycles. The maximum absolute atomic E-state index is 12.3. The number of hydrogen-bond donors (Lipinski definition) is 1. The van der Waals surface area contributed by atoms with Gasteiger partial charge in [-0.05, 0) is 59.5 Å². The highest BCUT2D eigenvalue weighted by molar-refractivity contribution is 5.76. The lowest BCUT2D eigenvalue weighted by Crippen LogP contribution is -2.35. The van der Waals surface area contributed by atoms with Gasteiger partial charge in [0, 0.05) is 13.1 Å². The van der Waals surface area contributed by atoms with Crippen LogP contribution in [-0.2, 0) is 19.1 Å². The van der Waals surface area contributed by atoms with Gasteiger partial charge < -0.3 is 15.2 Å². The van der Waals surface area contributed by atoms with E-state index in [0.717, 1.165) is 6.42 Å². The van der Waals surface area contributed by atoms with Gasteiger partial charge >= 0.3 is 11.9 Å². The Morgan fingerprint density at radius 2 is 1.27 bits per heavy atom. The highest BCUT2D eigenvalue weighted by Gasteiger charge is 2.34. The van der Waals surface area contributed by atoms with Gasteiger partial charge in [0.15, 0.2) is 0 Å². The van der Waals surface area contributed by atoms with E-state index in [1.54, 1.807) is 0 Å². The van der Waals surface area contributed by atoms with Crippen LogP contribution in [0, 0.1) is 16.2 Å². The minimum absolute atomic E-state index is 0.0703.